The normalized spacial score (nSPS) is 14.0. The van der Waals surface area contributed by atoms with Gasteiger partial charge in [-0.25, -0.2) is 0 Å². The Bertz CT molecular complexity index is 880. The zero-order chi connectivity index (χ0) is 20.3. The van der Waals surface area contributed by atoms with Gasteiger partial charge in [0.15, 0.2) is 11.5 Å². The lowest BCUT2D eigenvalue weighted by Crippen LogP contribution is -2.35. The zero-order valence-electron chi connectivity index (χ0n) is 16.4. The van der Waals surface area contributed by atoms with Crippen LogP contribution in [0.25, 0.3) is 0 Å². The summed E-state index contributed by atoms with van der Waals surface area (Å²) >= 11 is 0. The molecule has 7 nitrogen and oxygen atoms in total. The number of carbonyl (C=O) groups excluding carboxylic acids is 2. The minimum Gasteiger partial charge on any atom is -0.493 e. The number of amides is 2. The number of methoxy groups -OCH3 is 3. The molecule has 0 heterocycles. The Labute approximate surface area is 164 Å². The van der Waals surface area contributed by atoms with Crippen molar-refractivity contribution in [1.29, 1.82) is 0 Å². The van der Waals surface area contributed by atoms with E-state index < -0.39 is 5.41 Å². The highest BCUT2D eigenvalue weighted by atomic mass is 16.5. The Morgan fingerprint density at radius 1 is 0.857 bits per heavy atom. The van der Waals surface area contributed by atoms with Gasteiger partial charge in [0.05, 0.1) is 21.3 Å². The summed E-state index contributed by atoms with van der Waals surface area (Å²) in [5.41, 5.74) is 1.11. The van der Waals surface area contributed by atoms with Crippen molar-refractivity contribution in [3.8, 4) is 17.2 Å². The van der Waals surface area contributed by atoms with Crippen molar-refractivity contribution in [2.75, 3.05) is 32.0 Å². The van der Waals surface area contributed by atoms with Gasteiger partial charge >= 0.3 is 0 Å². The highest BCUT2D eigenvalue weighted by Crippen LogP contribution is 2.48. The number of carbonyl (C=O) groups is 2. The topological polar surface area (TPSA) is 85.9 Å². The molecule has 0 unspecified atom stereocenters. The zero-order valence-corrected chi connectivity index (χ0v) is 16.4. The summed E-state index contributed by atoms with van der Waals surface area (Å²) < 4.78 is 15.9. The summed E-state index contributed by atoms with van der Waals surface area (Å²) in [5.74, 6) is 0.619. The molecule has 2 amide bonds. The van der Waals surface area contributed by atoms with Crippen LogP contribution in [0, 0.1) is 12.3 Å². The van der Waals surface area contributed by atoms with E-state index in [4.69, 9.17) is 14.2 Å². The fourth-order valence-corrected chi connectivity index (χ4v) is 3.06. The van der Waals surface area contributed by atoms with Crippen LogP contribution in [0.5, 0.6) is 17.2 Å². The maximum absolute atomic E-state index is 12.9. The molecule has 1 saturated carbocycles. The van der Waals surface area contributed by atoms with Gasteiger partial charge in [0.2, 0.25) is 17.6 Å². The largest absolute Gasteiger partial charge is 0.493 e. The Morgan fingerprint density at radius 3 is 1.89 bits per heavy atom. The van der Waals surface area contributed by atoms with Gasteiger partial charge < -0.3 is 24.8 Å². The van der Waals surface area contributed by atoms with Crippen LogP contribution in [-0.2, 0) is 9.59 Å². The monoisotopic (exact) mass is 384 g/mol. The molecule has 3 rings (SSSR count). The predicted octanol–water partition coefficient (Wildman–Crippen LogP) is 3.38. The minimum atomic E-state index is -1.07. The van der Waals surface area contributed by atoms with Crippen LogP contribution < -0.4 is 24.8 Å². The molecule has 148 valence electrons. The van der Waals surface area contributed by atoms with E-state index in [-0.39, 0.29) is 11.8 Å². The summed E-state index contributed by atoms with van der Waals surface area (Å²) in [6.45, 7) is 1.94. The maximum Gasteiger partial charge on any atom is 0.240 e. The fourth-order valence-electron chi connectivity index (χ4n) is 3.06. The quantitative estimate of drug-likeness (QED) is 0.715. The number of aryl methyl sites for hydroxylation is 1. The number of nitrogens with one attached hydrogen (secondary N) is 2. The third-order valence-corrected chi connectivity index (χ3v) is 4.82. The van der Waals surface area contributed by atoms with E-state index in [0.29, 0.717) is 41.5 Å². The van der Waals surface area contributed by atoms with Crippen LogP contribution >= 0.6 is 0 Å². The van der Waals surface area contributed by atoms with Crippen molar-refractivity contribution in [2.24, 2.45) is 5.41 Å². The van der Waals surface area contributed by atoms with E-state index in [9.17, 15) is 9.59 Å². The van der Waals surface area contributed by atoms with Gasteiger partial charge in [-0.15, -0.1) is 0 Å². The average Bonchev–Trinajstić information content (AvgIpc) is 3.49. The first kappa shape index (κ1) is 19.5. The number of anilines is 2. The SMILES string of the molecule is COc1cc(NC(=O)C2(C(=O)Nc3cccc(C)c3)CC2)cc(OC)c1OC. The second-order valence-electron chi connectivity index (χ2n) is 6.77. The van der Waals surface area contributed by atoms with Crippen molar-refractivity contribution in [3.05, 3.63) is 42.0 Å². The summed E-state index contributed by atoms with van der Waals surface area (Å²) in [6.07, 6.45) is 1.00. The molecule has 2 aromatic rings. The van der Waals surface area contributed by atoms with Crippen molar-refractivity contribution < 1.29 is 23.8 Å². The third-order valence-electron chi connectivity index (χ3n) is 4.82. The van der Waals surface area contributed by atoms with Crippen LogP contribution in [0.2, 0.25) is 0 Å². The lowest BCUT2D eigenvalue weighted by atomic mass is 10.0. The van der Waals surface area contributed by atoms with Crippen LogP contribution in [0.15, 0.2) is 36.4 Å². The molecule has 2 N–H and O–H groups in total. The fraction of sp³-hybridized carbons (Fsp3) is 0.333. The van der Waals surface area contributed by atoms with Crippen molar-refractivity contribution in [1.82, 2.24) is 0 Å². The smallest absolute Gasteiger partial charge is 0.240 e. The van der Waals surface area contributed by atoms with E-state index in [2.05, 4.69) is 10.6 Å². The van der Waals surface area contributed by atoms with Gasteiger partial charge in [-0.1, -0.05) is 12.1 Å². The maximum atomic E-state index is 12.9. The van der Waals surface area contributed by atoms with Crippen molar-refractivity contribution in [3.63, 3.8) is 0 Å². The summed E-state index contributed by atoms with van der Waals surface area (Å²) in [4.78, 5) is 25.6. The third kappa shape index (κ3) is 3.74. The summed E-state index contributed by atoms with van der Waals surface area (Å²) in [7, 11) is 4.51. The van der Waals surface area contributed by atoms with E-state index >= 15 is 0 Å². The Morgan fingerprint density at radius 2 is 1.43 bits per heavy atom. The summed E-state index contributed by atoms with van der Waals surface area (Å²) in [6, 6.07) is 10.7. The molecule has 1 fully saturated rings. The van der Waals surface area contributed by atoms with Crippen LogP contribution in [0.3, 0.4) is 0 Å². The number of ether oxygens (including phenoxy) is 3. The molecule has 1 aliphatic rings. The predicted molar refractivity (Wildman–Crippen MR) is 106 cm³/mol. The molecule has 0 radical (unpaired) electrons. The number of hydrogen-bond acceptors (Lipinski definition) is 5. The average molecular weight is 384 g/mol. The summed E-state index contributed by atoms with van der Waals surface area (Å²) in [5, 5.41) is 5.65. The molecule has 28 heavy (non-hydrogen) atoms. The number of benzene rings is 2. The Hall–Kier alpha value is -3.22. The van der Waals surface area contributed by atoms with E-state index in [0.717, 1.165) is 5.56 Å². The van der Waals surface area contributed by atoms with Gasteiger partial charge in [-0.2, -0.15) is 0 Å². The highest BCUT2D eigenvalue weighted by Gasteiger charge is 2.56. The highest BCUT2D eigenvalue weighted by molar-refractivity contribution is 6.17. The molecular weight excluding hydrogens is 360 g/mol. The molecule has 0 aromatic heterocycles. The van der Waals surface area contributed by atoms with E-state index in [1.165, 1.54) is 21.3 Å². The molecular formula is C21H24N2O5. The van der Waals surface area contributed by atoms with Gasteiger partial charge in [0, 0.05) is 23.5 Å². The van der Waals surface area contributed by atoms with Crippen LogP contribution in [-0.4, -0.2) is 33.1 Å². The lowest BCUT2D eigenvalue weighted by Gasteiger charge is -2.18. The van der Waals surface area contributed by atoms with Gasteiger partial charge in [0.25, 0.3) is 0 Å². The molecule has 7 heteroatoms. The van der Waals surface area contributed by atoms with E-state index in [1.807, 2.05) is 25.1 Å². The standard InChI is InChI=1S/C21H24N2O5/c1-13-6-5-7-14(10-13)22-19(24)21(8-9-21)20(25)23-15-11-16(26-2)18(28-4)17(12-15)27-3/h5-7,10-12H,8-9H2,1-4H3,(H,22,24)(H,23,25). The molecule has 1 aliphatic carbocycles. The van der Waals surface area contributed by atoms with Crippen LogP contribution in [0.1, 0.15) is 18.4 Å². The lowest BCUT2D eigenvalue weighted by molar-refractivity contribution is -0.131. The van der Waals surface area contributed by atoms with Gasteiger partial charge in [-0.05, 0) is 37.5 Å². The van der Waals surface area contributed by atoms with E-state index in [1.54, 1.807) is 18.2 Å². The molecule has 0 spiro atoms. The van der Waals surface area contributed by atoms with Gasteiger partial charge in [-0.3, -0.25) is 9.59 Å². The molecule has 2 aromatic carbocycles. The molecule has 0 aliphatic heterocycles. The van der Waals surface area contributed by atoms with Crippen molar-refractivity contribution in [2.45, 2.75) is 19.8 Å². The molecule has 0 bridgehead atoms. The Kier molecular flexibility index (Phi) is 5.44. The Balaban J connectivity index is 1.78. The first-order valence-electron chi connectivity index (χ1n) is 8.93. The molecule has 0 saturated heterocycles. The number of hydrogen-bond donors (Lipinski definition) is 2. The minimum absolute atomic E-state index is 0.303. The van der Waals surface area contributed by atoms with Crippen LogP contribution in [0.4, 0.5) is 11.4 Å². The van der Waals surface area contributed by atoms with Gasteiger partial charge in [0.1, 0.15) is 5.41 Å². The second kappa shape index (κ2) is 7.80. The first-order valence-corrected chi connectivity index (χ1v) is 8.93. The second-order valence-corrected chi connectivity index (χ2v) is 6.77. The molecule has 0 atom stereocenters. The number of rotatable bonds is 7. The first-order chi connectivity index (χ1) is 13.4. The van der Waals surface area contributed by atoms with Crippen molar-refractivity contribution >= 4 is 23.2 Å².